The summed E-state index contributed by atoms with van der Waals surface area (Å²) in [4.78, 5) is 0. The maximum absolute atomic E-state index is 10.0. The summed E-state index contributed by atoms with van der Waals surface area (Å²) in [6.45, 7) is 7.30. The van der Waals surface area contributed by atoms with Crippen LogP contribution < -0.4 is 5.32 Å². The van der Waals surface area contributed by atoms with Crippen molar-refractivity contribution in [3.8, 4) is 11.5 Å². The molecule has 0 bridgehead atoms. The predicted octanol–water partition coefficient (Wildman–Crippen LogP) is 3.21. The van der Waals surface area contributed by atoms with Crippen LogP contribution in [0.3, 0.4) is 0 Å². The lowest BCUT2D eigenvalue weighted by Gasteiger charge is -2.27. The maximum atomic E-state index is 10.0. The number of aromatic hydroxyl groups is 2. The van der Waals surface area contributed by atoms with Gasteiger partial charge < -0.3 is 15.5 Å². The van der Waals surface area contributed by atoms with E-state index < -0.39 is 0 Å². The molecule has 1 fully saturated rings. The molecular formula is C15H23NO2. The van der Waals surface area contributed by atoms with Crippen LogP contribution in [0.2, 0.25) is 0 Å². The van der Waals surface area contributed by atoms with Crippen LogP contribution in [0.15, 0.2) is 12.1 Å². The highest BCUT2D eigenvalue weighted by Crippen LogP contribution is 2.39. The van der Waals surface area contributed by atoms with E-state index in [4.69, 9.17) is 0 Å². The summed E-state index contributed by atoms with van der Waals surface area (Å²) in [7, 11) is 0. The van der Waals surface area contributed by atoms with Crippen LogP contribution >= 0.6 is 0 Å². The van der Waals surface area contributed by atoms with Crippen molar-refractivity contribution in [2.45, 2.75) is 51.5 Å². The lowest BCUT2D eigenvalue weighted by Crippen LogP contribution is -2.27. The zero-order chi connectivity index (χ0) is 13.3. The van der Waals surface area contributed by atoms with E-state index in [-0.39, 0.29) is 23.0 Å². The first-order valence-electron chi connectivity index (χ1n) is 6.69. The Labute approximate surface area is 109 Å². The summed E-state index contributed by atoms with van der Waals surface area (Å²) in [5, 5.41) is 23.4. The van der Waals surface area contributed by atoms with Gasteiger partial charge in [-0.15, -0.1) is 0 Å². The van der Waals surface area contributed by atoms with E-state index in [1.54, 1.807) is 6.07 Å². The number of rotatable bonds is 1. The summed E-state index contributed by atoms with van der Waals surface area (Å²) < 4.78 is 0. The van der Waals surface area contributed by atoms with Crippen molar-refractivity contribution in [2.75, 3.05) is 6.54 Å². The number of benzene rings is 1. The minimum absolute atomic E-state index is 0.00945. The SMILES string of the molecule is CC(C)(C)c1cc(O)c(O)c(C2CCCCN2)c1. The molecule has 1 aliphatic heterocycles. The minimum atomic E-state index is -0.0331. The second-order valence-corrected chi connectivity index (χ2v) is 6.19. The molecule has 1 unspecified atom stereocenters. The molecule has 1 heterocycles. The highest BCUT2D eigenvalue weighted by Gasteiger charge is 2.23. The van der Waals surface area contributed by atoms with Crippen molar-refractivity contribution in [1.29, 1.82) is 0 Å². The quantitative estimate of drug-likeness (QED) is 0.670. The molecule has 100 valence electrons. The average molecular weight is 249 g/mol. The third kappa shape index (κ3) is 2.61. The predicted molar refractivity (Wildman–Crippen MR) is 73.1 cm³/mol. The number of hydrogen-bond donors (Lipinski definition) is 3. The number of hydrogen-bond acceptors (Lipinski definition) is 3. The highest BCUT2D eigenvalue weighted by molar-refractivity contribution is 5.50. The summed E-state index contributed by atoms with van der Waals surface area (Å²) >= 11 is 0. The molecule has 1 aliphatic rings. The van der Waals surface area contributed by atoms with Crippen molar-refractivity contribution in [1.82, 2.24) is 5.32 Å². The van der Waals surface area contributed by atoms with Crippen LogP contribution in [-0.2, 0) is 5.41 Å². The van der Waals surface area contributed by atoms with Gasteiger partial charge in [0.1, 0.15) is 0 Å². The second kappa shape index (κ2) is 4.81. The van der Waals surface area contributed by atoms with Gasteiger partial charge in [0.25, 0.3) is 0 Å². The molecule has 3 nitrogen and oxygen atoms in total. The molecule has 1 aromatic carbocycles. The van der Waals surface area contributed by atoms with Gasteiger partial charge in [0.05, 0.1) is 0 Å². The maximum Gasteiger partial charge on any atom is 0.162 e. The van der Waals surface area contributed by atoms with E-state index in [0.29, 0.717) is 0 Å². The monoisotopic (exact) mass is 249 g/mol. The van der Waals surface area contributed by atoms with Crippen LogP contribution in [0, 0.1) is 0 Å². The minimum Gasteiger partial charge on any atom is -0.504 e. The topological polar surface area (TPSA) is 52.5 Å². The van der Waals surface area contributed by atoms with Crippen molar-refractivity contribution in [3.05, 3.63) is 23.3 Å². The molecule has 3 N–H and O–H groups in total. The normalized spacial score (nSPS) is 20.9. The molecule has 0 spiro atoms. The number of nitrogens with one attached hydrogen (secondary N) is 1. The lowest BCUT2D eigenvalue weighted by atomic mass is 9.84. The zero-order valence-corrected chi connectivity index (χ0v) is 11.5. The van der Waals surface area contributed by atoms with Gasteiger partial charge in [-0.05, 0) is 42.5 Å². The Bertz CT molecular complexity index is 429. The van der Waals surface area contributed by atoms with Crippen molar-refractivity contribution < 1.29 is 10.2 Å². The standard InChI is InChI=1S/C15H23NO2/c1-15(2,3)10-8-11(14(18)13(17)9-10)12-6-4-5-7-16-12/h8-9,12,16-18H,4-7H2,1-3H3. The van der Waals surface area contributed by atoms with E-state index in [2.05, 4.69) is 26.1 Å². The average Bonchev–Trinajstić information content (AvgIpc) is 2.32. The van der Waals surface area contributed by atoms with E-state index >= 15 is 0 Å². The lowest BCUT2D eigenvalue weighted by molar-refractivity contribution is 0.367. The Morgan fingerprint density at radius 1 is 1.17 bits per heavy atom. The van der Waals surface area contributed by atoms with Crippen LogP contribution in [0.5, 0.6) is 11.5 Å². The summed E-state index contributed by atoms with van der Waals surface area (Å²) in [5.74, 6) is 0.0206. The molecule has 2 rings (SSSR count). The number of phenolic OH excluding ortho intramolecular Hbond substituents is 2. The van der Waals surface area contributed by atoms with E-state index in [1.807, 2.05) is 6.07 Å². The van der Waals surface area contributed by atoms with Gasteiger partial charge in [-0.25, -0.2) is 0 Å². The van der Waals surface area contributed by atoms with Gasteiger partial charge >= 0.3 is 0 Å². The Hall–Kier alpha value is -1.22. The van der Waals surface area contributed by atoms with Gasteiger partial charge in [-0.1, -0.05) is 27.2 Å². The van der Waals surface area contributed by atoms with E-state index in [9.17, 15) is 10.2 Å². The first kappa shape index (κ1) is 13.2. The first-order valence-corrected chi connectivity index (χ1v) is 6.69. The zero-order valence-electron chi connectivity index (χ0n) is 11.5. The first-order chi connectivity index (χ1) is 8.39. The Kier molecular flexibility index (Phi) is 3.53. The smallest absolute Gasteiger partial charge is 0.162 e. The van der Waals surface area contributed by atoms with Crippen molar-refractivity contribution in [3.63, 3.8) is 0 Å². The molecule has 1 saturated heterocycles. The van der Waals surface area contributed by atoms with Crippen LogP contribution in [-0.4, -0.2) is 16.8 Å². The van der Waals surface area contributed by atoms with E-state index in [1.165, 1.54) is 6.42 Å². The second-order valence-electron chi connectivity index (χ2n) is 6.19. The molecular weight excluding hydrogens is 226 g/mol. The van der Waals surface area contributed by atoms with Gasteiger partial charge in [-0.2, -0.15) is 0 Å². The molecule has 0 amide bonds. The van der Waals surface area contributed by atoms with Gasteiger partial charge in [-0.3, -0.25) is 0 Å². The Morgan fingerprint density at radius 2 is 1.89 bits per heavy atom. The Morgan fingerprint density at radius 3 is 2.44 bits per heavy atom. The van der Waals surface area contributed by atoms with Crippen LogP contribution in [0.4, 0.5) is 0 Å². The summed E-state index contributed by atoms with van der Waals surface area (Å²) in [6.07, 6.45) is 3.36. The van der Waals surface area contributed by atoms with Crippen LogP contribution in [0.1, 0.15) is 57.2 Å². The Balaban J connectivity index is 2.42. The number of phenols is 2. The van der Waals surface area contributed by atoms with Crippen LogP contribution in [0.25, 0.3) is 0 Å². The fraction of sp³-hybridized carbons (Fsp3) is 0.600. The molecule has 1 aromatic rings. The summed E-state index contributed by atoms with van der Waals surface area (Å²) in [5.41, 5.74) is 1.86. The fourth-order valence-electron chi connectivity index (χ4n) is 2.46. The third-order valence-corrected chi connectivity index (χ3v) is 3.67. The molecule has 18 heavy (non-hydrogen) atoms. The third-order valence-electron chi connectivity index (χ3n) is 3.67. The van der Waals surface area contributed by atoms with Gasteiger partial charge in [0.2, 0.25) is 0 Å². The molecule has 1 atom stereocenters. The molecule has 0 saturated carbocycles. The molecule has 0 aliphatic carbocycles. The van der Waals surface area contributed by atoms with Gasteiger partial charge in [0, 0.05) is 11.6 Å². The highest BCUT2D eigenvalue weighted by atomic mass is 16.3. The molecule has 3 heteroatoms. The summed E-state index contributed by atoms with van der Waals surface area (Å²) in [6, 6.07) is 3.85. The van der Waals surface area contributed by atoms with Crippen molar-refractivity contribution in [2.24, 2.45) is 0 Å². The number of piperidine rings is 1. The largest absolute Gasteiger partial charge is 0.504 e. The van der Waals surface area contributed by atoms with E-state index in [0.717, 1.165) is 30.5 Å². The molecule has 0 aromatic heterocycles. The van der Waals surface area contributed by atoms with Gasteiger partial charge in [0.15, 0.2) is 11.5 Å². The fourth-order valence-corrected chi connectivity index (χ4v) is 2.46. The molecule has 0 radical (unpaired) electrons. The van der Waals surface area contributed by atoms with Crippen molar-refractivity contribution >= 4 is 0 Å².